The zero-order chi connectivity index (χ0) is 14.4. The van der Waals surface area contributed by atoms with E-state index in [0.717, 1.165) is 31.9 Å². The molecule has 0 saturated carbocycles. The molecule has 20 heavy (non-hydrogen) atoms. The Morgan fingerprint density at radius 1 is 1.40 bits per heavy atom. The Labute approximate surface area is 122 Å². The van der Waals surface area contributed by atoms with E-state index >= 15 is 0 Å². The van der Waals surface area contributed by atoms with Crippen molar-refractivity contribution in [1.82, 2.24) is 4.90 Å². The average molecular weight is 278 g/mol. The maximum Gasteiger partial charge on any atom is 0.0874 e. The summed E-state index contributed by atoms with van der Waals surface area (Å²) in [4.78, 5) is 2.47. The quantitative estimate of drug-likeness (QED) is 0.866. The Balaban J connectivity index is 1.88. The highest BCUT2D eigenvalue weighted by molar-refractivity contribution is 5.50. The molecule has 1 fully saturated rings. The fraction of sp³-hybridized carbons (Fsp3) is 0.625. The van der Waals surface area contributed by atoms with E-state index in [4.69, 9.17) is 9.47 Å². The van der Waals surface area contributed by atoms with E-state index in [1.807, 2.05) is 12.1 Å². The van der Waals surface area contributed by atoms with Crippen molar-refractivity contribution in [2.45, 2.75) is 32.6 Å². The van der Waals surface area contributed by atoms with E-state index in [1.54, 1.807) is 7.11 Å². The number of hydrogen-bond donors (Lipinski definition) is 1. The van der Waals surface area contributed by atoms with Gasteiger partial charge in [-0.2, -0.15) is 0 Å². The Morgan fingerprint density at radius 3 is 2.95 bits per heavy atom. The molecule has 0 spiro atoms. The fourth-order valence-electron chi connectivity index (χ4n) is 2.53. The fourth-order valence-corrected chi connectivity index (χ4v) is 2.53. The summed E-state index contributed by atoms with van der Waals surface area (Å²) in [7, 11) is 1.72. The van der Waals surface area contributed by atoms with Crippen molar-refractivity contribution in [1.29, 1.82) is 0 Å². The van der Waals surface area contributed by atoms with Gasteiger partial charge in [0.15, 0.2) is 0 Å². The first kappa shape index (κ1) is 15.3. The lowest BCUT2D eigenvalue weighted by Gasteiger charge is -2.35. The molecule has 1 aromatic carbocycles. The van der Waals surface area contributed by atoms with Crippen LogP contribution in [0.25, 0.3) is 0 Å². The van der Waals surface area contributed by atoms with E-state index in [1.165, 1.54) is 5.56 Å². The molecule has 1 atom stereocenters. The normalized spacial score (nSPS) is 20.3. The van der Waals surface area contributed by atoms with Gasteiger partial charge in [-0.05, 0) is 19.9 Å². The van der Waals surface area contributed by atoms with E-state index < -0.39 is 0 Å². The number of rotatable bonds is 6. The SMILES string of the molecule is COCc1ccccc1NCC1CN(C(C)C)CCO1. The van der Waals surface area contributed by atoms with Crippen LogP contribution in [0, 0.1) is 0 Å². The van der Waals surface area contributed by atoms with Gasteiger partial charge in [-0.3, -0.25) is 4.90 Å². The summed E-state index contributed by atoms with van der Waals surface area (Å²) < 4.78 is 11.1. The van der Waals surface area contributed by atoms with Crippen molar-refractivity contribution < 1.29 is 9.47 Å². The summed E-state index contributed by atoms with van der Waals surface area (Å²) in [6.07, 6.45) is 0.252. The molecule has 0 radical (unpaired) electrons. The number of hydrogen-bond acceptors (Lipinski definition) is 4. The summed E-state index contributed by atoms with van der Waals surface area (Å²) in [6.45, 7) is 8.81. The topological polar surface area (TPSA) is 33.7 Å². The van der Waals surface area contributed by atoms with Crippen LogP contribution in [0.4, 0.5) is 5.69 Å². The highest BCUT2D eigenvalue weighted by Crippen LogP contribution is 2.17. The van der Waals surface area contributed by atoms with E-state index in [9.17, 15) is 0 Å². The number of methoxy groups -OCH3 is 1. The highest BCUT2D eigenvalue weighted by atomic mass is 16.5. The maximum absolute atomic E-state index is 5.84. The van der Waals surface area contributed by atoms with Gasteiger partial charge in [0.1, 0.15) is 0 Å². The monoisotopic (exact) mass is 278 g/mol. The largest absolute Gasteiger partial charge is 0.382 e. The molecule has 1 unspecified atom stereocenters. The number of benzene rings is 1. The molecule has 1 aliphatic heterocycles. The number of nitrogens with one attached hydrogen (secondary N) is 1. The third-order valence-corrected chi connectivity index (χ3v) is 3.74. The van der Waals surface area contributed by atoms with Crippen LogP contribution >= 0.6 is 0 Å². The van der Waals surface area contributed by atoms with Gasteiger partial charge in [-0.1, -0.05) is 18.2 Å². The molecule has 4 heteroatoms. The van der Waals surface area contributed by atoms with Gasteiger partial charge in [0.2, 0.25) is 0 Å². The number of ether oxygens (including phenoxy) is 2. The van der Waals surface area contributed by atoms with Gasteiger partial charge in [-0.15, -0.1) is 0 Å². The molecule has 2 rings (SSSR count). The molecule has 0 aromatic heterocycles. The van der Waals surface area contributed by atoms with Crippen LogP contribution in [0.3, 0.4) is 0 Å². The van der Waals surface area contributed by atoms with E-state index in [2.05, 4.69) is 36.2 Å². The summed E-state index contributed by atoms with van der Waals surface area (Å²) in [5, 5.41) is 3.50. The summed E-state index contributed by atoms with van der Waals surface area (Å²) in [5.41, 5.74) is 2.33. The van der Waals surface area contributed by atoms with Gasteiger partial charge in [-0.25, -0.2) is 0 Å². The van der Waals surface area contributed by atoms with Crippen LogP contribution in [-0.2, 0) is 16.1 Å². The maximum atomic E-state index is 5.84. The molecule has 0 aliphatic carbocycles. The Bertz CT molecular complexity index is 409. The van der Waals surface area contributed by atoms with Crippen molar-refractivity contribution in [3.8, 4) is 0 Å². The lowest BCUT2D eigenvalue weighted by atomic mass is 10.1. The Morgan fingerprint density at radius 2 is 2.20 bits per heavy atom. The molecule has 1 saturated heterocycles. The van der Waals surface area contributed by atoms with Gasteiger partial charge in [0, 0.05) is 44.0 Å². The lowest BCUT2D eigenvalue weighted by Crippen LogP contribution is -2.48. The molecule has 1 aliphatic rings. The second kappa shape index (κ2) is 7.62. The third-order valence-electron chi connectivity index (χ3n) is 3.74. The molecule has 112 valence electrons. The first-order chi connectivity index (χ1) is 9.70. The van der Waals surface area contributed by atoms with Crippen molar-refractivity contribution in [3.05, 3.63) is 29.8 Å². The third kappa shape index (κ3) is 4.20. The van der Waals surface area contributed by atoms with Crippen LogP contribution in [0.1, 0.15) is 19.4 Å². The van der Waals surface area contributed by atoms with Crippen LogP contribution < -0.4 is 5.32 Å². The second-order valence-corrected chi connectivity index (χ2v) is 5.55. The van der Waals surface area contributed by atoms with Crippen molar-refractivity contribution >= 4 is 5.69 Å². The number of para-hydroxylation sites is 1. The van der Waals surface area contributed by atoms with Crippen LogP contribution in [0.5, 0.6) is 0 Å². The molecule has 1 heterocycles. The number of nitrogens with zero attached hydrogens (tertiary/aromatic N) is 1. The van der Waals surface area contributed by atoms with Gasteiger partial charge >= 0.3 is 0 Å². The summed E-state index contributed by atoms with van der Waals surface area (Å²) in [5.74, 6) is 0. The average Bonchev–Trinajstić information content (AvgIpc) is 2.47. The minimum absolute atomic E-state index is 0.252. The Hall–Kier alpha value is -1.10. The van der Waals surface area contributed by atoms with Crippen LogP contribution in [0.15, 0.2) is 24.3 Å². The summed E-state index contributed by atoms with van der Waals surface area (Å²) in [6, 6.07) is 8.86. The summed E-state index contributed by atoms with van der Waals surface area (Å²) >= 11 is 0. The highest BCUT2D eigenvalue weighted by Gasteiger charge is 2.22. The van der Waals surface area contributed by atoms with Crippen LogP contribution in [0.2, 0.25) is 0 Å². The minimum atomic E-state index is 0.252. The lowest BCUT2D eigenvalue weighted by molar-refractivity contribution is -0.0315. The first-order valence-corrected chi connectivity index (χ1v) is 7.37. The van der Waals surface area contributed by atoms with Crippen molar-refractivity contribution in [3.63, 3.8) is 0 Å². The predicted octanol–water partition coefficient (Wildman–Crippen LogP) is 2.35. The molecular weight excluding hydrogens is 252 g/mol. The Kier molecular flexibility index (Phi) is 5.83. The number of anilines is 1. The molecule has 1 N–H and O–H groups in total. The molecule has 1 aromatic rings. The minimum Gasteiger partial charge on any atom is -0.382 e. The first-order valence-electron chi connectivity index (χ1n) is 7.37. The molecule has 4 nitrogen and oxygen atoms in total. The van der Waals surface area contributed by atoms with Gasteiger partial charge in [0.25, 0.3) is 0 Å². The standard InChI is InChI=1S/C16H26N2O2/c1-13(2)18-8-9-20-15(11-18)10-17-16-7-5-4-6-14(16)12-19-3/h4-7,13,15,17H,8-12H2,1-3H3. The van der Waals surface area contributed by atoms with Crippen molar-refractivity contribution in [2.24, 2.45) is 0 Å². The molecule has 0 amide bonds. The second-order valence-electron chi connectivity index (χ2n) is 5.55. The van der Waals surface area contributed by atoms with E-state index in [0.29, 0.717) is 12.6 Å². The zero-order valence-electron chi connectivity index (χ0n) is 12.8. The molecular formula is C16H26N2O2. The predicted molar refractivity (Wildman–Crippen MR) is 82.1 cm³/mol. The smallest absolute Gasteiger partial charge is 0.0874 e. The van der Waals surface area contributed by atoms with E-state index in [-0.39, 0.29) is 6.10 Å². The van der Waals surface area contributed by atoms with Crippen molar-refractivity contribution in [2.75, 3.05) is 38.7 Å². The zero-order valence-corrected chi connectivity index (χ0v) is 12.8. The van der Waals surface area contributed by atoms with Gasteiger partial charge < -0.3 is 14.8 Å². The van der Waals surface area contributed by atoms with Gasteiger partial charge in [0.05, 0.1) is 19.3 Å². The number of morpholine rings is 1. The van der Waals surface area contributed by atoms with Crippen LogP contribution in [-0.4, -0.2) is 50.4 Å². The molecule has 0 bridgehead atoms.